The second-order valence-corrected chi connectivity index (χ2v) is 31.7. The number of anilines is 2. The monoisotopic (exact) mass is 1520 g/mol. The molecule has 10 rings (SSSR count). The van der Waals surface area contributed by atoms with Gasteiger partial charge in [0.15, 0.2) is 11.2 Å². The smallest absolute Gasteiger partial charge is 0.0620 e. The van der Waals surface area contributed by atoms with Crippen LogP contribution in [0.4, 0.5) is 61.7 Å². The summed E-state index contributed by atoms with van der Waals surface area (Å²) in [5, 5.41) is 8.36. The van der Waals surface area contributed by atoms with Crippen LogP contribution >= 0.6 is 31.5 Å². The van der Waals surface area contributed by atoms with E-state index >= 15 is 0 Å². The van der Waals surface area contributed by atoms with Crippen molar-refractivity contribution in [3.63, 3.8) is 0 Å². The number of benzene rings is 6. The number of halogens is 12. The van der Waals surface area contributed by atoms with Gasteiger partial charge in [0.2, 0.25) is 0 Å². The number of pyridine rings is 2. The van der Waals surface area contributed by atoms with Gasteiger partial charge in [0.25, 0.3) is 0 Å². The molecular formula is C69H86Cu2F12N6O3P4+3. The minimum Gasteiger partial charge on any atom is -0.0620 e. The van der Waals surface area contributed by atoms with Crippen molar-refractivity contribution < 1.29 is 98.4 Å². The van der Waals surface area contributed by atoms with E-state index in [0.29, 0.717) is 25.2 Å². The zero-order chi connectivity index (χ0) is 69.3. The van der Waals surface area contributed by atoms with Crippen molar-refractivity contribution in [1.29, 1.82) is 0 Å². The van der Waals surface area contributed by atoms with Gasteiger partial charge >= 0.3 is 100 Å². The Kier molecular flexibility index (Phi) is 32.7. The largest absolute Gasteiger partial charge is 2.00 e. The number of aromatic nitrogens is 2. The third kappa shape index (κ3) is 34.3. The standard InChI is InChI=1S/C36H44N6O.C26H24P2.C4H10O.C3H6O.2Cu.2F6P/c1-27(2)39-19-20-40(28(3)4)22-24-41(23-21-39)33-15-9-13-31-32-14-10-16-34(36(32)43-35(31)33)42(25-29-11-5-7-17-37-29)26-30-12-6-8-18-38-30;1-5-13-23(14-6-1)27(24-15-7-2-8-16-24)21-22-28(25-17-9-3-10-18-25)26-19-11-4-12-20-26;1-3-5-4-2;1-3(2)4;;;2*1-7(2,3,4,5)6/h5-18,27-28H,19-26H2,1-4H3;1-20H,21-22H2;3-4H2,1-2H3;1-2H3;;;;/q;;;;+1;+2;2*-1/p+2. The van der Waals surface area contributed by atoms with Crippen LogP contribution in [0.2, 0.25) is 0 Å². The summed E-state index contributed by atoms with van der Waals surface area (Å²) in [7, 11) is -22.9. The molecule has 1 fully saturated rings. The molecule has 1 saturated heterocycles. The van der Waals surface area contributed by atoms with Crippen molar-refractivity contribution in [3.05, 3.63) is 218 Å². The van der Waals surface area contributed by atoms with Gasteiger partial charge in [-0.15, -0.1) is 0 Å². The number of fused-ring (bicyclic) bond motifs is 3. The Morgan fingerprint density at radius 3 is 1.09 bits per heavy atom. The molecular weight excluding hydrogens is 1440 g/mol. The van der Waals surface area contributed by atoms with Crippen LogP contribution in [-0.4, -0.2) is 102 Å². The van der Waals surface area contributed by atoms with Crippen molar-refractivity contribution in [3.8, 4) is 0 Å². The predicted octanol–water partition coefficient (Wildman–Crippen LogP) is 19.9. The molecule has 0 N–H and O–H groups in total. The molecule has 0 amide bonds. The van der Waals surface area contributed by atoms with E-state index in [-0.39, 0.29) is 39.9 Å². The number of Topliss-reactive ketones (excluding diaryl/α,β-unsaturated/α-hetero) is 1. The molecule has 9 aromatic rings. The summed E-state index contributed by atoms with van der Waals surface area (Å²) in [5.41, 5.74) is 6.12. The average molecular weight is 1530 g/mol. The summed E-state index contributed by atoms with van der Waals surface area (Å²) in [6.07, 6.45) is 6.23. The predicted molar refractivity (Wildman–Crippen MR) is 374 cm³/mol. The van der Waals surface area contributed by atoms with E-state index in [1.807, 2.05) is 50.5 Å². The van der Waals surface area contributed by atoms with Gasteiger partial charge in [-0.3, -0.25) is 19.8 Å². The van der Waals surface area contributed by atoms with Gasteiger partial charge in [-0.25, -0.2) is 0 Å². The number of ketones is 1. The number of carbonyl (C=O) groups excluding carboxylic acids is 1. The van der Waals surface area contributed by atoms with E-state index in [4.69, 9.17) is 9.15 Å². The van der Waals surface area contributed by atoms with Gasteiger partial charge in [0, 0.05) is 87.7 Å². The number of carbonyl (C=O) groups is 1. The van der Waals surface area contributed by atoms with Crippen molar-refractivity contribution >= 4 is 91.8 Å². The minimum atomic E-state index is -10.7. The molecule has 1 aliphatic rings. The van der Waals surface area contributed by atoms with E-state index in [1.165, 1.54) is 53.1 Å². The van der Waals surface area contributed by atoms with E-state index in [1.54, 1.807) is 0 Å². The van der Waals surface area contributed by atoms with Gasteiger partial charge in [-0.1, -0.05) is 109 Å². The maximum absolute atomic E-state index is 10.7. The van der Waals surface area contributed by atoms with Crippen LogP contribution in [0.1, 0.15) is 66.8 Å². The molecule has 0 aliphatic carbocycles. The fourth-order valence-corrected chi connectivity index (χ4v) is 16.4. The van der Waals surface area contributed by atoms with Gasteiger partial charge in [-0.2, -0.15) is 0 Å². The Bertz CT molecular complexity index is 3410. The number of ether oxygens (including phenoxy) is 1. The van der Waals surface area contributed by atoms with Crippen LogP contribution in [0.25, 0.3) is 21.9 Å². The summed E-state index contributed by atoms with van der Waals surface area (Å²) in [6, 6.07) is 70.8. The summed E-state index contributed by atoms with van der Waals surface area (Å²) in [6.45, 7) is 25.5. The fourth-order valence-electron chi connectivity index (χ4n) is 10.2. The number of hydrogen-bond donors (Lipinski definition) is 0. The van der Waals surface area contributed by atoms with Crippen LogP contribution in [0, 0.1) is 0 Å². The molecule has 0 atom stereocenters. The first-order valence-corrected chi connectivity index (χ1v) is 38.2. The summed E-state index contributed by atoms with van der Waals surface area (Å²) < 4.78 is 130. The van der Waals surface area contributed by atoms with Crippen LogP contribution < -0.4 is 31.0 Å². The van der Waals surface area contributed by atoms with Crippen molar-refractivity contribution in [1.82, 2.24) is 19.8 Å². The zero-order valence-electron chi connectivity index (χ0n) is 54.7. The van der Waals surface area contributed by atoms with E-state index in [0.717, 1.165) is 91.5 Å². The van der Waals surface area contributed by atoms with Crippen LogP contribution in [-0.2, 0) is 56.8 Å². The van der Waals surface area contributed by atoms with Crippen LogP contribution in [0.5, 0.6) is 0 Å². The van der Waals surface area contributed by atoms with Gasteiger partial charge in [0.1, 0.15) is 18.1 Å². The number of nitrogens with zero attached hydrogens (tertiary/aromatic N) is 6. The van der Waals surface area contributed by atoms with Crippen molar-refractivity contribution in [2.24, 2.45) is 0 Å². The Morgan fingerprint density at radius 1 is 0.479 bits per heavy atom. The second kappa shape index (κ2) is 37.1. The van der Waals surface area contributed by atoms with Crippen LogP contribution in [0.3, 0.4) is 0 Å². The summed E-state index contributed by atoms with van der Waals surface area (Å²) in [4.78, 5) is 28.8. The molecule has 0 bridgehead atoms. The number of hydrogen-bond acceptors (Lipinski definition) is 9. The van der Waals surface area contributed by atoms with Gasteiger partial charge in [0.05, 0.1) is 72.9 Å². The molecule has 533 valence electrons. The number of rotatable bonds is 17. The third-order valence-electron chi connectivity index (χ3n) is 14.3. The molecule has 6 aromatic carbocycles. The molecule has 0 unspecified atom stereocenters. The van der Waals surface area contributed by atoms with Gasteiger partial charge in [-0.05, 0) is 140 Å². The topological polar surface area (TPSA) is 78.2 Å². The molecule has 3 aromatic heterocycles. The van der Waals surface area contributed by atoms with E-state index < -0.39 is 31.5 Å². The SMILES string of the molecule is CC(C)=O.CC(C)N1CCN(c2cccc3c2oc2c(N(Cc4ccccn4)Cc4ccccn4)cccc23)CCN(C(C)C)CC1.CCOCC.F[P-](F)(F)(F)(F)F.F[P-](F)(F)(F)(F)F.[Cu+2].[Cu+].c1ccc([PH+](CC[PH+](c2ccccc2)c2ccccc2)c2ccccc2)cc1. The van der Waals surface area contributed by atoms with E-state index in [9.17, 15) is 55.2 Å². The first-order valence-electron chi connectivity index (χ1n) is 30.8. The fraction of sp³-hybridized carbons (Fsp3) is 0.319. The van der Waals surface area contributed by atoms with Crippen molar-refractivity contribution in [2.75, 3.05) is 74.6 Å². The van der Waals surface area contributed by atoms with E-state index in [2.05, 4.69) is 227 Å². The second-order valence-electron chi connectivity index (χ2n) is 22.7. The molecule has 9 nitrogen and oxygen atoms in total. The Hall–Kier alpha value is -5.51. The molecule has 27 heteroatoms. The Morgan fingerprint density at radius 2 is 0.792 bits per heavy atom. The molecule has 4 heterocycles. The zero-order valence-corrected chi connectivity index (χ0v) is 60.4. The molecule has 0 saturated carbocycles. The Labute approximate surface area is 579 Å². The first-order chi connectivity index (χ1) is 43.9. The van der Waals surface area contributed by atoms with Gasteiger partial charge < -0.3 is 23.7 Å². The number of furan rings is 1. The molecule has 1 aliphatic heterocycles. The molecule has 96 heavy (non-hydrogen) atoms. The summed E-state index contributed by atoms with van der Waals surface area (Å²) >= 11 is 0. The quantitative estimate of drug-likeness (QED) is 0.0503. The van der Waals surface area contributed by atoms with Crippen LogP contribution in [0.15, 0.2) is 211 Å². The Balaban J connectivity index is 0.000000385. The average Bonchev–Trinajstić information content (AvgIpc) is 1.62. The number of para-hydroxylation sites is 2. The van der Waals surface area contributed by atoms with Crippen molar-refractivity contribution in [2.45, 2.75) is 80.6 Å². The maximum atomic E-state index is 9.87. The summed E-state index contributed by atoms with van der Waals surface area (Å²) in [5.74, 6) is 0.167. The third-order valence-corrected chi connectivity index (χ3v) is 20.4. The minimum absolute atomic E-state index is 0. The molecule has 1 radical (unpaired) electrons. The maximum Gasteiger partial charge on any atom is 2.00 e. The molecule has 0 spiro atoms. The normalized spacial score (nSPS) is 14.4. The first kappa shape index (κ1) is 84.7.